The Kier molecular flexibility index (Phi) is 2.81. The zero-order valence-electron chi connectivity index (χ0n) is 9.53. The fraction of sp³-hybridized carbons (Fsp3) is 0.0833. The summed E-state index contributed by atoms with van der Waals surface area (Å²) in [5, 5.41) is 3.84. The summed E-state index contributed by atoms with van der Waals surface area (Å²) in [6.45, 7) is 0. The third-order valence-corrected chi connectivity index (χ3v) is 4.34. The van der Waals surface area contributed by atoms with Crippen molar-refractivity contribution in [2.75, 3.05) is 11.9 Å². The number of aromatic nitrogens is 2. The van der Waals surface area contributed by atoms with E-state index in [1.807, 2.05) is 29.0 Å². The molecule has 0 aliphatic carbocycles. The molecule has 0 atom stereocenters. The maximum Gasteiger partial charge on any atom is 0.269 e. The van der Waals surface area contributed by atoms with E-state index < -0.39 is 0 Å². The summed E-state index contributed by atoms with van der Waals surface area (Å²) in [7, 11) is 1.74. The van der Waals surface area contributed by atoms with Crippen LogP contribution in [0.1, 0.15) is 9.67 Å². The van der Waals surface area contributed by atoms with Crippen molar-refractivity contribution in [2.45, 2.75) is 0 Å². The van der Waals surface area contributed by atoms with Gasteiger partial charge < -0.3 is 0 Å². The molecule has 3 aromatic rings. The number of carbonyl (C=O) groups excluding carboxylic acids is 1. The van der Waals surface area contributed by atoms with Gasteiger partial charge in [-0.2, -0.15) is 0 Å². The Hall–Kier alpha value is -1.79. The van der Waals surface area contributed by atoms with Gasteiger partial charge in [-0.3, -0.25) is 9.69 Å². The van der Waals surface area contributed by atoms with Crippen molar-refractivity contribution in [3.63, 3.8) is 0 Å². The fourth-order valence-electron chi connectivity index (χ4n) is 1.68. The Balaban J connectivity index is 2.04. The van der Waals surface area contributed by atoms with E-state index in [1.165, 1.54) is 17.7 Å². The van der Waals surface area contributed by atoms with Crippen molar-refractivity contribution in [2.24, 2.45) is 0 Å². The smallest absolute Gasteiger partial charge is 0.269 e. The van der Waals surface area contributed by atoms with Crippen LogP contribution in [0.3, 0.4) is 0 Å². The lowest BCUT2D eigenvalue weighted by Gasteiger charge is -2.15. The number of hydrogen-bond acceptors (Lipinski definition) is 5. The summed E-state index contributed by atoms with van der Waals surface area (Å²) in [6, 6.07) is 5.61. The first-order valence-electron chi connectivity index (χ1n) is 5.27. The first-order valence-corrected chi connectivity index (χ1v) is 7.03. The van der Waals surface area contributed by atoms with Gasteiger partial charge in [0.25, 0.3) is 5.91 Å². The van der Waals surface area contributed by atoms with Crippen LogP contribution in [-0.4, -0.2) is 22.9 Å². The Labute approximate surface area is 112 Å². The van der Waals surface area contributed by atoms with E-state index in [0.29, 0.717) is 10.7 Å². The van der Waals surface area contributed by atoms with Gasteiger partial charge in [-0.15, -0.1) is 22.7 Å². The van der Waals surface area contributed by atoms with E-state index in [9.17, 15) is 4.79 Å². The van der Waals surface area contributed by atoms with E-state index in [-0.39, 0.29) is 5.91 Å². The van der Waals surface area contributed by atoms with Crippen LogP contribution in [0, 0.1) is 0 Å². The predicted molar refractivity (Wildman–Crippen MR) is 74.5 cm³/mol. The lowest BCUT2D eigenvalue weighted by molar-refractivity contribution is 0.0996. The van der Waals surface area contributed by atoms with Crippen molar-refractivity contribution in [3.05, 3.63) is 40.2 Å². The minimum absolute atomic E-state index is 0.0431. The maximum absolute atomic E-state index is 12.3. The molecule has 0 spiro atoms. The largest absolute Gasteiger partial charge is 0.294 e. The second kappa shape index (κ2) is 4.47. The van der Waals surface area contributed by atoms with Gasteiger partial charge in [-0.05, 0) is 22.9 Å². The molecule has 0 bridgehead atoms. The number of fused-ring (bicyclic) bond motifs is 1. The maximum atomic E-state index is 12.3. The minimum Gasteiger partial charge on any atom is -0.294 e. The molecule has 0 saturated carbocycles. The van der Waals surface area contributed by atoms with Gasteiger partial charge in [0, 0.05) is 7.05 Å². The van der Waals surface area contributed by atoms with Crippen LogP contribution >= 0.6 is 22.7 Å². The lowest BCUT2D eigenvalue weighted by Crippen LogP contribution is -2.26. The highest BCUT2D eigenvalue weighted by Gasteiger charge is 2.18. The summed E-state index contributed by atoms with van der Waals surface area (Å²) in [4.78, 5) is 22.9. The summed E-state index contributed by atoms with van der Waals surface area (Å²) >= 11 is 2.97. The molecule has 3 heterocycles. The summed E-state index contributed by atoms with van der Waals surface area (Å²) in [6.07, 6.45) is 1.49. The molecule has 0 radical (unpaired) electrons. The normalized spacial score (nSPS) is 10.7. The second-order valence-corrected chi connectivity index (χ2v) is 5.54. The van der Waals surface area contributed by atoms with Crippen LogP contribution in [0.4, 0.5) is 5.82 Å². The van der Waals surface area contributed by atoms with Crippen LogP contribution in [0.25, 0.3) is 10.2 Å². The van der Waals surface area contributed by atoms with Crippen LogP contribution in [0.5, 0.6) is 0 Å². The van der Waals surface area contributed by atoms with Gasteiger partial charge in [0.15, 0.2) is 5.82 Å². The topological polar surface area (TPSA) is 46.1 Å². The third kappa shape index (κ3) is 1.79. The van der Waals surface area contributed by atoms with Crippen molar-refractivity contribution in [1.29, 1.82) is 0 Å². The molecule has 0 saturated heterocycles. The number of rotatable bonds is 2. The Bertz CT molecular complexity index is 690. The summed E-state index contributed by atoms with van der Waals surface area (Å²) in [5.74, 6) is 0.617. The van der Waals surface area contributed by atoms with Crippen LogP contribution in [0.2, 0.25) is 0 Å². The van der Waals surface area contributed by atoms with E-state index in [1.54, 1.807) is 23.3 Å². The predicted octanol–water partition coefficient (Wildman–Crippen LogP) is 3.03. The third-order valence-electron chi connectivity index (χ3n) is 2.58. The molecular formula is C12H9N3OS2. The number of carbonyl (C=O) groups is 1. The molecule has 0 aliphatic heterocycles. The van der Waals surface area contributed by atoms with Gasteiger partial charge in [0.1, 0.15) is 6.33 Å². The van der Waals surface area contributed by atoms with E-state index >= 15 is 0 Å². The van der Waals surface area contributed by atoms with E-state index in [2.05, 4.69) is 9.97 Å². The standard InChI is InChI=1S/C12H9N3OS2/c1-15(12(16)9-3-2-5-17-9)11-10-8(4-6-18-10)13-7-14-11/h2-7H,1H3. The average molecular weight is 275 g/mol. The van der Waals surface area contributed by atoms with Gasteiger partial charge in [0.05, 0.1) is 15.1 Å². The molecule has 0 N–H and O–H groups in total. The first kappa shape index (κ1) is 11.3. The highest BCUT2D eigenvalue weighted by Crippen LogP contribution is 2.28. The molecule has 0 unspecified atom stereocenters. The minimum atomic E-state index is -0.0431. The molecule has 0 fully saturated rings. The molecule has 6 heteroatoms. The Morgan fingerprint density at radius 2 is 2.11 bits per heavy atom. The molecule has 90 valence electrons. The number of hydrogen-bond donors (Lipinski definition) is 0. The quantitative estimate of drug-likeness (QED) is 0.722. The second-order valence-electron chi connectivity index (χ2n) is 3.67. The Morgan fingerprint density at radius 3 is 2.89 bits per heavy atom. The molecule has 3 rings (SSSR count). The number of thiophene rings is 2. The number of amides is 1. The first-order chi connectivity index (χ1) is 8.77. The lowest BCUT2D eigenvalue weighted by atomic mass is 10.4. The van der Waals surface area contributed by atoms with E-state index in [0.717, 1.165) is 10.2 Å². The molecule has 0 aliphatic rings. The SMILES string of the molecule is CN(C(=O)c1cccs1)c1ncnc2ccsc12. The van der Waals surface area contributed by atoms with Crippen LogP contribution < -0.4 is 4.90 Å². The summed E-state index contributed by atoms with van der Waals surface area (Å²) < 4.78 is 0.935. The number of nitrogens with zero attached hydrogens (tertiary/aromatic N) is 3. The molecule has 4 nitrogen and oxygen atoms in total. The summed E-state index contributed by atoms with van der Waals surface area (Å²) in [5.41, 5.74) is 0.871. The van der Waals surface area contributed by atoms with Crippen molar-refractivity contribution >= 4 is 44.6 Å². The highest BCUT2D eigenvalue weighted by atomic mass is 32.1. The van der Waals surface area contributed by atoms with Gasteiger partial charge in [-0.1, -0.05) is 6.07 Å². The van der Waals surface area contributed by atoms with Gasteiger partial charge >= 0.3 is 0 Å². The van der Waals surface area contributed by atoms with Crippen molar-refractivity contribution in [3.8, 4) is 0 Å². The van der Waals surface area contributed by atoms with Gasteiger partial charge in [-0.25, -0.2) is 9.97 Å². The van der Waals surface area contributed by atoms with E-state index in [4.69, 9.17) is 0 Å². The molecular weight excluding hydrogens is 266 g/mol. The van der Waals surface area contributed by atoms with Gasteiger partial charge in [0.2, 0.25) is 0 Å². The molecule has 18 heavy (non-hydrogen) atoms. The highest BCUT2D eigenvalue weighted by molar-refractivity contribution is 7.17. The number of anilines is 1. The monoisotopic (exact) mass is 275 g/mol. The molecule has 3 aromatic heterocycles. The Morgan fingerprint density at radius 1 is 1.22 bits per heavy atom. The van der Waals surface area contributed by atoms with Crippen LogP contribution in [0.15, 0.2) is 35.3 Å². The molecule has 0 aromatic carbocycles. The van der Waals surface area contributed by atoms with Crippen molar-refractivity contribution < 1.29 is 4.79 Å². The average Bonchev–Trinajstić information content (AvgIpc) is 3.06. The zero-order chi connectivity index (χ0) is 12.5. The van der Waals surface area contributed by atoms with Crippen molar-refractivity contribution in [1.82, 2.24) is 9.97 Å². The fourth-order valence-corrected chi connectivity index (χ4v) is 3.24. The molecule has 1 amide bonds. The zero-order valence-corrected chi connectivity index (χ0v) is 11.2. The van der Waals surface area contributed by atoms with Crippen LogP contribution in [-0.2, 0) is 0 Å².